The number of ether oxygens (including phenoxy) is 1. The number of carbonyl (C=O) groups excluding carboxylic acids is 1. The minimum atomic E-state index is -0.301. The van der Waals surface area contributed by atoms with Gasteiger partial charge in [-0.1, -0.05) is 30.3 Å². The van der Waals surface area contributed by atoms with Crippen molar-refractivity contribution in [3.05, 3.63) is 42.5 Å². The molecule has 0 radical (unpaired) electrons. The second-order valence-electron chi connectivity index (χ2n) is 3.42. The Morgan fingerprint density at radius 1 is 1.12 bits per heavy atom. The number of fused-ring (bicyclic) bond motifs is 1. The van der Waals surface area contributed by atoms with E-state index in [9.17, 15) is 4.79 Å². The highest BCUT2D eigenvalue weighted by Crippen LogP contribution is 2.20. The number of halogens is 1. The first-order chi connectivity index (χ1) is 7.79. The summed E-state index contributed by atoms with van der Waals surface area (Å²) in [5, 5.41) is 2.18. The average molecular weight is 235 g/mol. The second-order valence-corrected chi connectivity index (χ2v) is 3.80. The first-order valence-electron chi connectivity index (χ1n) is 5.05. The number of esters is 1. The number of rotatable bonds is 3. The van der Waals surface area contributed by atoms with Crippen LogP contribution < -0.4 is 4.74 Å². The van der Waals surface area contributed by atoms with Crippen LogP contribution in [0.15, 0.2) is 42.5 Å². The lowest BCUT2D eigenvalue weighted by Crippen LogP contribution is -2.07. The Kier molecular flexibility index (Phi) is 3.42. The fraction of sp³-hybridized carbons (Fsp3) is 0.154. The molecule has 2 nitrogen and oxygen atoms in total. The molecular formula is C13H11ClO2. The summed E-state index contributed by atoms with van der Waals surface area (Å²) in [6.07, 6.45) is 0.231. The number of hydrogen-bond donors (Lipinski definition) is 0. The summed E-state index contributed by atoms with van der Waals surface area (Å²) >= 11 is 5.46. The molecule has 2 aromatic carbocycles. The van der Waals surface area contributed by atoms with Gasteiger partial charge >= 0.3 is 5.97 Å². The molecule has 0 aliphatic carbocycles. The topological polar surface area (TPSA) is 26.3 Å². The molecule has 3 heteroatoms. The Hall–Kier alpha value is -1.54. The molecule has 2 rings (SSSR count). The molecule has 0 spiro atoms. The molecule has 0 saturated heterocycles. The van der Waals surface area contributed by atoms with E-state index in [2.05, 4.69) is 0 Å². The maximum absolute atomic E-state index is 11.2. The van der Waals surface area contributed by atoms with Gasteiger partial charge in [0.25, 0.3) is 0 Å². The SMILES string of the molecule is O=C(CCCl)Oc1ccc2ccccc2c1. The standard InChI is InChI=1S/C13H11ClO2/c14-8-7-13(15)16-12-6-5-10-3-1-2-4-11(10)9-12/h1-6,9H,7-8H2. The van der Waals surface area contributed by atoms with Crippen molar-refractivity contribution in [2.24, 2.45) is 0 Å². The Labute approximate surface area is 98.8 Å². The van der Waals surface area contributed by atoms with Crippen molar-refractivity contribution < 1.29 is 9.53 Å². The number of benzene rings is 2. The molecule has 2 aromatic rings. The minimum Gasteiger partial charge on any atom is -0.426 e. The van der Waals surface area contributed by atoms with Crippen molar-refractivity contribution in [1.82, 2.24) is 0 Å². The van der Waals surface area contributed by atoms with Crippen LogP contribution in [-0.4, -0.2) is 11.8 Å². The minimum absolute atomic E-state index is 0.231. The quantitative estimate of drug-likeness (QED) is 0.462. The van der Waals surface area contributed by atoms with Gasteiger partial charge in [-0.15, -0.1) is 11.6 Å². The highest BCUT2D eigenvalue weighted by molar-refractivity contribution is 6.18. The number of carbonyl (C=O) groups is 1. The van der Waals surface area contributed by atoms with Crippen molar-refractivity contribution >= 4 is 28.3 Å². The summed E-state index contributed by atoms with van der Waals surface area (Å²) in [4.78, 5) is 11.2. The molecule has 0 N–H and O–H groups in total. The van der Waals surface area contributed by atoms with Gasteiger partial charge in [-0.05, 0) is 22.9 Å². The van der Waals surface area contributed by atoms with Crippen LogP contribution in [0.25, 0.3) is 10.8 Å². The van der Waals surface area contributed by atoms with Crippen molar-refractivity contribution in [2.45, 2.75) is 6.42 Å². The monoisotopic (exact) mass is 234 g/mol. The maximum Gasteiger partial charge on any atom is 0.312 e. The van der Waals surface area contributed by atoms with Crippen molar-refractivity contribution in [3.8, 4) is 5.75 Å². The van der Waals surface area contributed by atoms with Gasteiger partial charge in [0.05, 0.1) is 6.42 Å². The highest BCUT2D eigenvalue weighted by atomic mass is 35.5. The van der Waals surface area contributed by atoms with Gasteiger partial charge in [-0.2, -0.15) is 0 Å². The fourth-order valence-corrected chi connectivity index (χ4v) is 1.64. The normalized spacial score (nSPS) is 10.3. The Morgan fingerprint density at radius 3 is 2.62 bits per heavy atom. The largest absolute Gasteiger partial charge is 0.426 e. The summed E-state index contributed by atoms with van der Waals surface area (Å²) in [6.45, 7) is 0. The number of hydrogen-bond acceptors (Lipinski definition) is 2. The van der Waals surface area contributed by atoms with E-state index in [0.717, 1.165) is 10.8 Å². The molecule has 0 atom stereocenters. The third-order valence-electron chi connectivity index (χ3n) is 2.25. The van der Waals surface area contributed by atoms with E-state index >= 15 is 0 Å². The van der Waals surface area contributed by atoms with Crippen LogP contribution in [0.5, 0.6) is 5.75 Å². The molecule has 0 bridgehead atoms. The highest BCUT2D eigenvalue weighted by Gasteiger charge is 2.04. The van der Waals surface area contributed by atoms with E-state index < -0.39 is 0 Å². The number of alkyl halides is 1. The van der Waals surface area contributed by atoms with Crippen molar-refractivity contribution in [1.29, 1.82) is 0 Å². The van der Waals surface area contributed by atoms with Crippen LogP contribution in [0.4, 0.5) is 0 Å². The van der Waals surface area contributed by atoms with Gasteiger partial charge in [0.1, 0.15) is 5.75 Å². The van der Waals surface area contributed by atoms with Crippen LogP contribution in [-0.2, 0) is 4.79 Å². The molecule has 0 saturated carbocycles. The molecule has 0 heterocycles. The van der Waals surface area contributed by atoms with Gasteiger partial charge in [0.15, 0.2) is 0 Å². The van der Waals surface area contributed by atoms with Gasteiger partial charge in [-0.3, -0.25) is 4.79 Å². The summed E-state index contributed by atoms with van der Waals surface area (Å²) in [7, 11) is 0. The summed E-state index contributed by atoms with van der Waals surface area (Å²) < 4.78 is 5.14. The molecule has 0 unspecified atom stereocenters. The van der Waals surface area contributed by atoms with E-state index in [-0.39, 0.29) is 18.3 Å². The third kappa shape index (κ3) is 2.52. The van der Waals surface area contributed by atoms with E-state index in [1.807, 2.05) is 36.4 Å². The van der Waals surface area contributed by atoms with Gasteiger partial charge in [0, 0.05) is 5.88 Å². The van der Waals surface area contributed by atoms with E-state index in [4.69, 9.17) is 16.3 Å². The van der Waals surface area contributed by atoms with Crippen LogP contribution in [0.1, 0.15) is 6.42 Å². The van der Waals surface area contributed by atoms with Gasteiger partial charge < -0.3 is 4.74 Å². The summed E-state index contributed by atoms with van der Waals surface area (Å²) in [6, 6.07) is 13.5. The smallest absolute Gasteiger partial charge is 0.312 e. The molecule has 0 aliphatic heterocycles. The lowest BCUT2D eigenvalue weighted by Gasteiger charge is -2.04. The van der Waals surface area contributed by atoms with Gasteiger partial charge in [0.2, 0.25) is 0 Å². The first kappa shape index (κ1) is 11.0. The Morgan fingerprint density at radius 2 is 1.88 bits per heavy atom. The Balaban J connectivity index is 2.22. The molecule has 82 valence electrons. The molecule has 0 aliphatic rings. The summed E-state index contributed by atoms with van der Waals surface area (Å²) in [5.41, 5.74) is 0. The molecule has 0 amide bonds. The first-order valence-corrected chi connectivity index (χ1v) is 5.58. The molecule has 16 heavy (non-hydrogen) atoms. The average Bonchev–Trinajstić information content (AvgIpc) is 2.29. The molecule has 0 aromatic heterocycles. The predicted molar refractivity (Wildman–Crippen MR) is 64.9 cm³/mol. The van der Waals surface area contributed by atoms with Gasteiger partial charge in [-0.25, -0.2) is 0 Å². The fourth-order valence-electron chi connectivity index (χ4n) is 1.49. The van der Waals surface area contributed by atoms with Crippen LogP contribution >= 0.6 is 11.6 Å². The zero-order valence-electron chi connectivity index (χ0n) is 8.65. The van der Waals surface area contributed by atoms with Crippen molar-refractivity contribution in [2.75, 3.05) is 5.88 Å². The predicted octanol–water partition coefficient (Wildman–Crippen LogP) is 3.37. The van der Waals surface area contributed by atoms with E-state index in [1.165, 1.54) is 0 Å². The summed E-state index contributed by atoms with van der Waals surface area (Å²) in [5.74, 6) is 0.547. The Bertz CT molecular complexity index is 508. The van der Waals surface area contributed by atoms with Crippen LogP contribution in [0, 0.1) is 0 Å². The lowest BCUT2D eigenvalue weighted by molar-refractivity contribution is -0.133. The zero-order valence-corrected chi connectivity index (χ0v) is 9.41. The zero-order chi connectivity index (χ0) is 11.4. The second kappa shape index (κ2) is 4.99. The molecule has 0 fully saturated rings. The van der Waals surface area contributed by atoms with Crippen LogP contribution in [0.2, 0.25) is 0 Å². The third-order valence-corrected chi connectivity index (χ3v) is 2.44. The van der Waals surface area contributed by atoms with E-state index in [1.54, 1.807) is 6.07 Å². The maximum atomic E-state index is 11.2. The molecular weight excluding hydrogens is 224 g/mol. The van der Waals surface area contributed by atoms with Crippen molar-refractivity contribution in [3.63, 3.8) is 0 Å². The van der Waals surface area contributed by atoms with E-state index in [0.29, 0.717) is 5.75 Å². The lowest BCUT2D eigenvalue weighted by atomic mass is 10.1. The van der Waals surface area contributed by atoms with Crippen LogP contribution in [0.3, 0.4) is 0 Å².